The number of amides is 2. The van der Waals surface area contributed by atoms with Crippen LogP contribution in [0, 0.1) is 5.92 Å². The van der Waals surface area contributed by atoms with E-state index < -0.39 is 6.04 Å². The number of hydrogen-bond donors (Lipinski definition) is 2. The van der Waals surface area contributed by atoms with Gasteiger partial charge in [0.05, 0.1) is 7.11 Å². The van der Waals surface area contributed by atoms with Gasteiger partial charge in [-0.15, -0.1) is 10.2 Å². The molecule has 2 unspecified atom stereocenters. The molecule has 2 amide bonds. The summed E-state index contributed by atoms with van der Waals surface area (Å²) >= 11 is 1.28. The molecule has 8 heteroatoms. The SMILES string of the molecule is CCCCCc1ccc(C(=O)NC(C(=O)Nc2nnc(-c3ccc(OC)cc3)s2)C(C)CC)cc1. The zero-order valence-electron chi connectivity index (χ0n) is 20.8. The molecule has 0 saturated carbocycles. The Labute approximate surface area is 211 Å². The molecular formula is C27H34N4O3S. The fourth-order valence-electron chi connectivity index (χ4n) is 3.64. The largest absolute Gasteiger partial charge is 0.497 e. The Bertz CT molecular complexity index is 1100. The van der Waals surface area contributed by atoms with Crippen LogP contribution in [0.3, 0.4) is 0 Å². The fraction of sp³-hybridized carbons (Fsp3) is 0.407. The number of nitrogens with one attached hydrogen (secondary N) is 2. The van der Waals surface area contributed by atoms with E-state index in [1.807, 2.05) is 62.4 Å². The highest BCUT2D eigenvalue weighted by molar-refractivity contribution is 7.18. The maximum Gasteiger partial charge on any atom is 0.251 e. The highest BCUT2D eigenvalue weighted by Gasteiger charge is 2.27. The third kappa shape index (κ3) is 7.36. The van der Waals surface area contributed by atoms with E-state index in [0.29, 0.717) is 15.7 Å². The normalized spacial score (nSPS) is 12.6. The number of anilines is 1. The summed E-state index contributed by atoms with van der Waals surface area (Å²) in [6.45, 7) is 6.13. The van der Waals surface area contributed by atoms with Crippen molar-refractivity contribution in [2.45, 2.75) is 58.9 Å². The Morgan fingerprint density at radius 2 is 1.71 bits per heavy atom. The van der Waals surface area contributed by atoms with E-state index in [1.54, 1.807) is 7.11 Å². The second-order valence-electron chi connectivity index (χ2n) is 8.62. The van der Waals surface area contributed by atoms with Crippen molar-refractivity contribution in [3.63, 3.8) is 0 Å². The van der Waals surface area contributed by atoms with E-state index in [2.05, 4.69) is 27.8 Å². The van der Waals surface area contributed by atoms with Crippen LogP contribution in [0.15, 0.2) is 48.5 Å². The van der Waals surface area contributed by atoms with Gasteiger partial charge in [-0.05, 0) is 60.7 Å². The lowest BCUT2D eigenvalue weighted by atomic mass is 9.97. The smallest absolute Gasteiger partial charge is 0.251 e. The first-order valence-electron chi connectivity index (χ1n) is 12.1. The number of benzene rings is 2. The monoisotopic (exact) mass is 494 g/mol. The van der Waals surface area contributed by atoms with Crippen molar-refractivity contribution < 1.29 is 14.3 Å². The molecule has 3 rings (SSSR count). The molecule has 1 heterocycles. The number of hydrogen-bond acceptors (Lipinski definition) is 6. The van der Waals surface area contributed by atoms with E-state index in [4.69, 9.17) is 4.74 Å². The number of ether oxygens (including phenoxy) is 1. The molecule has 0 aliphatic carbocycles. The molecule has 0 fully saturated rings. The Morgan fingerprint density at radius 3 is 2.34 bits per heavy atom. The van der Waals surface area contributed by atoms with Crippen LogP contribution >= 0.6 is 11.3 Å². The Hall–Kier alpha value is -3.26. The Morgan fingerprint density at radius 1 is 1.00 bits per heavy atom. The minimum atomic E-state index is -0.690. The number of nitrogens with zero attached hydrogens (tertiary/aromatic N) is 2. The molecule has 0 radical (unpaired) electrons. The maximum absolute atomic E-state index is 13.1. The molecule has 7 nitrogen and oxygen atoms in total. The van der Waals surface area contributed by atoms with Gasteiger partial charge < -0.3 is 10.1 Å². The summed E-state index contributed by atoms with van der Waals surface area (Å²) in [6, 6.07) is 14.4. The zero-order chi connectivity index (χ0) is 25.2. The molecule has 2 N–H and O–H groups in total. The number of carbonyl (C=O) groups excluding carboxylic acids is 2. The van der Waals surface area contributed by atoms with Crippen molar-refractivity contribution in [2.75, 3.05) is 12.4 Å². The summed E-state index contributed by atoms with van der Waals surface area (Å²) < 4.78 is 5.19. The lowest BCUT2D eigenvalue weighted by Gasteiger charge is -2.23. The summed E-state index contributed by atoms with van der Waals surface area (Å²) in [4.78, 5) is 26.0. The van der Waals surface area contributed by atoms with Crippen molar-refractivity contribution in [3.8, 4) is 16.3 Å². The average molecular weight is 495 g/mol. The molecule has 1 aromatic heterocycles. The molecule has 186 valence electrons. The molecule has 3 aromatic rings. The molecular weight excluding hydrogens is 460 g/mol. The molecule has 2 atom stereocenters. The first-order valence-corrected chi connectivity index (χ1v) is 12.9. The van der Waals surface area contributed by atoms with Crippen molar-refractivity contribution in [2.24, 2.45) is 5.92 Å². The maximum atomic E-state index is 13.1. The number of aromatic nitrogens is 2. The van der Waals surface area contributed by atoms with Crippen molar-refractivity contribution in [1.29, 1.82) is 0 Å². The highest BCUT2D eigenvalue weighted by atomic mass is 32.1. The summed E-state index contributed by atoms with van der Waals surface area (Å²) in [5.74, 6) is 0.134. The van der Waals surface area contributed by atoms with Crippen LogP contribution < -0.4 is 15.4 Å². The minimum absolute atomic E-state index is 0.0544. The summed E-state index contributed by atoms with van der Waals surface area (Å²) in [7, 11) is 1.61. The number of aryl methyl sites for hydroxylation is 1. The predicted molar refractivity (Wildman–Crippen MR) is 141 cm³/mol. The van der Waals surface area contributed by atoms with Crippen LogP contribution in [0.25, 0.3) is 10.6 Å². The lowest BCUT2D eigenvalue weighted by Crippen LogP contribution is -2.47. The van der Waals surface area contributed by atoms with E-state index in [1.165, 1.54) is 29.7 Å². The van der Waals surface area contributed by atoms with Crippen LogP contribution in [0.5, 0.6) is 5.75 Å². The van der Waals surface area contributed by atoms with Crippen LogP contribution in [-0.2, 0) is 11.2 Å². The molecule has 0 aliphatic rings. The molecule has 0 bridgehead atoms. The van der Waals surface area contributed by atoms with Crippen LogP contribution in [0.4, 0.5) is 5.13 Å². The number of unbranched alkanes of at least 4 members (excludes halogenated alkanes) is 2. The number of carbonyl (C=O) groups is 2. The van der Waals surface area contributed by atoms with Crippen molar-refractivity contribution in [3.05, 3.63) is 59.7 Å². The number of rotatable bonds is 12. The van der Waals surface area contributed by atoms with E-state index in [-0.39, 0.29) is 17.7 Å². The van der Waals surface area contributed by atoms with Crippen LogP contribution in [0.1, 0.15) is 62.4 Å². The lowest BCUT2D eigenvalue weighted by molar-refractivity contribution is -0.119. The standard InChI is InChI=1S/C27H34N4O3S/c1-5-7-8-9-19-10-12-20(13-11-19)24(32)28-23(18(3)6-2)25(33)29-27-31-30-26(35-27)21-14-16-22(34-4)17-15-21/h10-18,23H,5-9H2,1-4H3,(H,28,32)(H,29,31,33). The van der Waals surface area contributed by atoms with Gasteiger partial charge in [0, 0.05) is 11.1 Å². The molecule has 0 aliphatic heterocycles. The van der Waals surface area contributed by atoms with Gasteiger partial charge in [0.25, 0.3) is 5.91 Å². The van der Waals surface area contributed by atoms with Gasteiger partial charge in [-0.1, -0.05) is 63.5 Å². The van der Waals surface area contributed by atoms with Gasteiger partial charge in [0.2, 0.25) is 11.0 Å². The van der Waals surface area contributed by atoms with Gasteiger partial charge in [-0.3, -0.25) is 14.9 Å². The van der Waals surface area contributed by atoms with E-state index in [9.17, 15) is 9.59 Å². The van der Waals surface area contributed by atoms with E-state index >= 15 is 0 Å². The second-order valence-corrected chi connectivity index (χ2v) is 9.60. The predicted octanol–water partition coefficient (Wildman–Crippen LogP) is 5.73. The minimum Gasteiger partial charge on any atom is -0.497 e. The number of methoxy groups -OCH3 is 1. The third-order valence-corrected chi connectivity index (χ3v) is 6.95. The van der Waals surface area contributed by atoms with Gasteiger partial charge in [-0.25, -0.2) is 0 Å². The average Bonchev–Trinajstić information content (AvgIpc) is 3.35. The fourth-order valence-corrected chi connectivity index (χ4v) is 4.39. The van der Waals surface area contributed by atoms with Gasteiger partial charge in [-0.2, -0.15) is 0 Å². The van der Waals surface area contributed by atoms with Gasteiger partial charge in [0.15, 0.2) is 0 Å². The quantitative estimate of drug-likeness (QED) is 0.314. The van der Waals surface area contributed by atoms with Gasteiger partial charge in [0.1, 0.15) is 16.8 Å². The van der Waals surface area contributed by atoms with Crippen molar-refractivity contribution >= 4 is 28.3 Å². The molecule has 0 spiro atoms. The summed E-state index contributed by atoms with van der Waals surface area (Å²) in [6.07, 6.45) is 5.27. The van der Waals surface area contributed by atoms with Crippen LogP contribution in [-0.4, -0.2) is 35.2 Å². The Balaban J connectivity index is 1.65. The topological polar surface area (TPSA) is 93.2 Å². The highest BCUT2D eigenvalue weighted by Crippen LogP contribution is 2.28. The summed E-state index contributed by atoms with van der Waals surface area (Å²) in [5, 5.41) is 15.1. The molecule has 0 saturated heterocycles. The first kappa shape index (κ1) is 26.3. The third-order valence-electron chi connectivity index (χ3n) is 6.06. The Kier molecular flexibility index (Phi) is 9.78. The van der Waals surface area contributed by atoms with E-state index in [0.717, 1.165) is 30.6 Å². The first-order chi connectivity index (χ1) is 16.9. The molecule has 35 heavy (non-hydrogen) atoms. The van der Waals surface area contributed by atoms with Crippen molar-refractivity contribution in [1.82, 2.24) is 15.5 Å². The second kappa shape index (κ2) is 13.0. The van der Waals surface area contributed by atoms with Gasteiger partial charge >= 0.3 is 0 Å². The zero-order valence-corrected chi connectivity index (χ0v) is 21.7. The molecule has 2 aromatic carbocycles. The van der Waals surface area contributed by atoms with Crippen LogP contribution in [0.2, 0.25) is 0 Å². The summed E-state index contributed by atoms with van der Waals surface area (Å²) in [5.41, 5.74) is 2.65.